The first-order valence-corrected chi connectivity index (χ1v) is 13.4. The molecule has 0 atom stereocenters. The Morgan fingerprint density at radius 3 is 2.54 bits per heavy atom. The number of urea groups is 1. The molecule has 3 aromatic rings. The summed E-state index contributed by atoms with van der Waals surface area (Å²) in [6, 6.07) is 3.50. The van der Waals surface area contributed by atoms with Crippen molar-refractivity contribution in [3.05, 3.63) is 77.4 Å². The molecule has 2 saturated carbocycles. The molecule has 3 aromatic heterocycles. The Labute approximate surface area is 236 Å². The zero-order valence-electron chi connectivity index (χ0n) is 23.0. The van der Waals surface area contributed by atoms with E-state index in [0.29, 0.717) is 35.3 Å². The van der Waals surface area contributed by atoms with Crippen LogP contribution < -0.4 is 21.7 Å². The van der Waals surface area contributed by atoms with Gasteiger partial charge in [-0.3, -0.25) is 19.4 Å². The summed E-state index contributed by atoms with van der Waals surface area (Å²) in [5, 5.41) is 2.30. The molecule has 4 heterocycles. The van der Waals surface area contributed by atoms with Crippen molar-refractivity contribution in [3.63, 3.8) is 0 Å². The first-order valence-electron chi connectivity index (χ1n) is 13.4. The lowest BCUT2D eigenvalue weighted by molar-refractivity contribution is -0.123. The van der Waals surface area contributed by atoms with Crippen LogP contribution in [0.25, 0.3) is 5.65 Å². The highest BCUT2D eigenvalue weighted by atomic mass is 16.5. The number of imide groups is 1. The van der Waals surface area contributed by atoms with E-state index >= 15 is 0 Å². The summed E-state index contributed by atoms with van der Waals surface area (Å²) in [6.07, 6.45) is 13.4. The fourth-order valence-electron chi connectivity index (χ4n) is 4.41. The number of imidazole rings is 1. The molecule has 2 aliphatic carbocycles. The topological polar surface area (TPSA) is 174 Å². The molecule has 5 N–H and O–H groups in total. The third-order valence-electron chi connectivity index (χ3n) is 6.96. The van der Waals surface area contributed by atoms with E-state index in [1.54, 1.807) is 0 Å². The Morgan fingerprint density at radius 2 is 1.93 bits per heavy atom. The molecule has 4 amide bonds. The number of pyridine rings is 1. The average molecular weight is 560 g/mol. The van der Waals surface area contributed by atoms with Crippen LogP contribution >= 0.6 is 0 Å². The molecule has 0 unspecified atom stereocenters. The quantitative estimate of drug-likeness (QED) is 0.154. The number of aryl methyl sites for hydroxylation is 1. The van der Waals surface area contributed by atoms with Gasteiger partial charge in [-0.15, -0.1) is 0 Å². The smallest absolute Gasteiger partial charge is 0.331 e. The molecule has 13 nitrogen and oxygen atoms in total. The minimum absolute atomic E-state index is 0.0222. The Balaban J connectivity index is 0.000000282. The van der Waals surface area contributed by atoms with Crippen LogP contribution in [0.5, 0.6) is 0 Å². The number of fused-ring (bicyclic) bond motifs is 1. The van der Waals surface area contributed by atoms with Crippen molar-refractivity contribution in [3.8, 4) is 0 Å². The van der Waals surface area contributed by atoms with Gasteiger partial charge in [0, 0.05) is 49.5 Å². The number of aromatic nitrogens is 4. The Bertz CT molecular complexity index is 1540. The Hall–Kier alpha value is -4.94. The molecule has 214 valence electrons. The second kappa shape index (κ2) is 11.7. The van der Waals surface area contributed by atoms with Crippen molar-refractivity contribution >= 4 is 29.7 Å². The van der Waals surface area contributed by atoms with Crippen LogP contribution in [0.2, 0.25) is 0 Å². The van der Waals surface area contributed by atoms with Gasteiger partial charge in [-0.05, 0) is 56.2 Å². The maximum absolute atomic E-state index is 12.6. The lowest BCUT2D eigenvalue weighted by atomic mass is 10.1. The van der Waals surface area contributed by atoms with Crippen LogP contribution in [0.1, 0.15) is 60.3 Å². The van der Waals surface area contributed by atoms with E-state index in [1.165, 1.54) is 37.1 Å². The summed E-state index contributed by atoms with van der Waals surface area (Å²) in [4.78, 5) is 50.7. The van der Waals surface area contributed by atoms with Crippen LogP contribution in [0.15, 0.2) is 54.6 Å². The van der Waals surface area contributed by atoms with Gasteiger partial charge in [-0.25, -0.2) is 19.7 Å². The number of hydrogen-bond acceptors (Lipinski definition) is 9. The molecule has 0 radical (unpaired) electrons. The number of amides is 4. The van der Waals surface area contributed by atoms with Gasteiger partial charge in [0.1, 0.15) is 30.6 Å². The predicted octanol–water partition coefficient (Wildman–Crippen LogP) is 2.14. The van der Waals surface area contributed by atoms with Gasteiger partial charge in [0.05, 0.1) is 11.4 Å². The van der Waals surface area contributed by atoms with Gasteiger partial charge in [-0.2, -0.15) is 0 Å². The number of hydrogen-bond donors (Lipinski definition) is 3. The van der Waals surface area contributed by atoms with Gasteiger partial charge in [-0.1, -0.05) is 0 Å². The number of ether oxygens (including phenoxy) is 1. The average Bonchev–Trinajstić information content (AvgIpc) is 3.89. The number of nitrogens with one attached hydrogen (secondary N) is 1. The van der Waals surface area contributed by atoms with Crippen LogP contribution in [0.4, 0.5) is 10.5 Å². The van der Waals surface area contributed by atoms with E-state index in [0.717, 1.165) is 34.8 Å². The number of allylic oxidation sites excluding steroid dienone is 1. The standard InChI is InChI=1S/C20H23N7O4.C8H10N2/c1-25-18(29)9-27(20(25)30)16-4-13(12-2-3-12)7-26-8-14(24-19(16)26)10-31-15(6-21)5-17(22)23-11-28;1-6-4-5-9-8(10-6)7-2-3-7/h4-8,11-12H,2-3,9-10,21-22H2,1H3,(H,23,28);4-5,7H,2-3H2,1H3/b15-6+,17-5+;. The lowest BCUT2D eigenvalue weighted by Gasteiger charge is -2.17. The van der Waals surface area contributed by atoms with Gasteiger partial charge >= 0.3 is 6.03 Å². The monoisotopic (exact) mass is 559 g/mol. The highest BCUT2D eigenvalue weighted by Gasteiger charge is 2.36. The van der Waals surface area contributed by atoms with Crippen molar-refractivity contribution in [2.45, 2.75) is 51.0 Å². The number of carbonyl (C=O) groups is 3. The summed E-state index contributed by atoms with van der Waals surface area (Å²) < 4.78 is 7.49. The maximum atomic E-state index is 12.6. The molecule has 41 heavy (non-hydrogen) atoms. The lowest BCUT2D eigenvalue weighted by Crippen LogP contribution is -2.30. The minimum atomic E-state index is -0.378. The molecule has 6 rings (SSSR count). The number of anilines is 1. The van der Waals surface area contributed by atoms with Crippen molar-refractivity contribution in [2.75, 3.05) is 18.5 Å². The van der Waals surface area contributed by atoms with E-state index in [2.05, 4.69) is 20.3 Å². The number of carbonyl (C=O) groups excluding carboxylic acids is 3. The Kier molecular flexibility index (Phi) is 7.86. The van der Waals surface area contributed by atoms with Crippen LogP contribution in [-0.4, -0.2) is 56.2 Å². The molecule has 1 saturated heterocycles. The second-order valence-electron chi connectivity index (χ2n) is 10.3. The van der Waals surface area contributed by atoms with E-state index in [9.17, 15) is 14.4 Å². The van der Waals surface area contributed by atoms with Crippen molar-refractivity contribution in [2.24, 2.45) is 11.5 Å². The van der Waals surface area contributed by atoms with Crippen molar-refractivity contribution < 1.29 is 19.1 Å². The normalized spacial score (nSPS) is 17.5. The van der Waals surface area contributed by atoms with E-state index < -0.39 is 0 Å². The fraction of sp³-hybridized carbons (Fsp3) is 0.357. The third-order valence-corrected chi connectivity index (χ3v) is 6.96. The summed E-state index contributed by atoms with van der Waals surface area (Å²) in [7, 11) is 1.47. The summed E-state index contributed by atoms with van der Waals surface area (Å²) in [6.45, 7) is 2.07. The van der Waals surface area contributed by atoms with Gasteiger partial charge in [0.25, 0.3) is 0 Å². The summed E-state index contributed by atoms with van der Waals surface area (Å²) in [5.74, 6) is 2.24. The highest BCUT2D eigenvalue weighted by Crippen LogP contribution is 2.42. The van der Waals surface area contributed by atoms with E-state index in [4.69, 9.17) is 16.2 Å². The third kappa shape index (κ3) is 6.45. The van der Waals surface area contributed by atoms with Crippen LogP contribution in [0.3, 0.4) is 0 Å². The van der Waals surface area contributed by atoms with E-state index in [1.807, 2.05) is 42.0 Å². The number of likely N-dealkylation sites (N-methyl/N-ethyl adjacent to an activating group) is 1. The summed E-state index contributed by atoms with van der Waals surface area (Å²) >= 11 is 0. The van der Waals surface area contributed by atoms with Crippen molar-refractivity contribution in [1.82, 2.24) is 29.6 Å². The van der Waals surface area contributed by atoms with Crippen LogP contribution in [-0.2, 0) is 20.9 Å². The number of nitrogens with two attached hydrogens (primary N) is 2. The zero-order chi connectivity index (χ0) is 29.1. The number of rotatable bonds is 9. The minimum Gasteiger partial charge on any atom is -0.486 e. The summed E-state index contributed by atoms with van der Waals surface area (Å²) in [5.41, 5.74) is 15.1. The molecule has 0 bridgehead atoms. The van der Waals surface area contributed by atoms with E-state index in [-0.39, 0.29) is 36.7 Å². The predicted molar refractivity (Wildman–Crippen MR) is 150 cm³/mol. The zero-order valence-corrected chi connectivity index (χ0v) is 23.0. The molecular weight excluding hydrogens is 526 g/mol. The Morgan fingerprint density at radius 1 is 1.17 bits per heavy atom. The molecule has 0 spiro atoms. The SMILES string of the molecule is CN1C(=O)CN(c2cc(C3CC3)cn3cc(COC(/C=C(\N)NC=O)=C/N)nc23)C1=O.Cc1ccnc(C2CC2)n1. The molecule has 3 fully saturated rings. The van der Waals surface area contributed by atoms with Gasteiger partial charge in [0.15, 0.2) is 5.65 Å². The molecule has 13 heteroatoms. The number of nitrogens with zero attached hydrogens (tertiary/aromatic N) is 6. The first-order chi connectivity index (χ1) is 19.8. The molecule has 1 aliphatic heterocycles. The molecule has 0 aromatic carbocycles. The van der Waals surface area contributed by atoms with Crippen molar-refractivity contribution in [1.29, 1.82) is 0 Å². The maximum Gasteiger partial charge on any atom is 0.331 e. The largest absolute Gasteiger partial charge is 0.486 e. The second-order valence-corrected chi connectivity index (χ2v) is 10.3. The van der Waals surface area contributed by atoms with Gasteiger partial charge < -0.3 is 25.9 Å². The fourth-order valence-corrected chi connectivity index (χ4v) is 4.41. The van der Waals surface area contributed by atoms with Crippen LogP contribution in [0, 0.1) is 6.92 Å². The molecular formula is C28H33N9O4. The molecule has 3 aliphatic rings. The highest BCUT2D eigenvalue weighted by molar-refractivity contribution is 6.13. The van der Waals surface area contributed by atoms with Gasteiger partial charge in [0.2, 0.25) is 12.3 Å². The first kappa shape index (κ1) is 27.6.